The van der Waals surface area contributed by atoms with Crippen molar-refractivity contribution in [1.82, 2.24) is 9.29 Å². The van der Waals surface area contributed by atoms with Crippen LogP contribution in [0.4, 0.5) is 5.69 Å². The zero-order valence-electron chi connectivity index (χ0n) is 15.3. The third-order valence-electron chi connectivity index (χ3n) is 4.62. The van der Waals surface area contributed by atoms with E-state index in [1.54, 1.807) is 24.3 Å². The Morgan fingerprint density at radius 2 is 1.72 bits per heavy atom. The number of anilines is 1. The monoisotopic (exact) mass is 453 g/mol. The summed E-state index contributed by atoms with van der Waals surface area (Å²) >= 11 is 12.0. The minimum absolute atomic E-state index is 0.0489. The van der Waals surface area contributed by atoms with E-state index in [0.29, 0.717) is 22.3 Å². The van der Waals surface area contributed by atoms with E-state index < -0.39 is 10.2 Å². The minimum atomic E-state index is -3.68. The topological polar surface area (TPSA) is 99.3 Å². The predicted octanol–water partition coefficient (Wildman–Crippen LogP) is 4.17. The Bertz CT molecular complexity index is 1170. The van der Waals surface area contributed by atoms with Crippen LogP contribution in [0.3, 0.4) is 0 Å². The van der Waals surface area contributed by atoms with Gasteiger partial charge in [0.1, 0.15) is 0 Å². The Morgan fingerprint density at radius 1 is 1.10 bits per heavy atom. The lowest BCUT2D eigenvalue weighted by Gasteiger charge is -2.30. The van der Waals surface area contributed by atoms with Gasteiger partial charge in [0.05, 0.1) is 6.54 Å². The Morgan fingerprint density at radius 3 is 2.38 bits per heavy atom. The van der Waals surface area contributed by atoms with Gasteiger partial charge in [0.15, 0.2) is 0 Å². The molecule has 0 saturated carbocycles. The van der Waals surface area contributed by atoms with Gasteiger partial charge >= 0.3 is 16.4 Å². The first-order chi connectivity index (χ1) is 13.7. The molecule has 0 aliphatic carbocycles. The minimum Gasteiger partial charge on any atom is -0.357 e. The Balaban J connectivity index is 0.000000755. The van der Waals surface area contributed by atoms with E-state index in [1.807, 2.05) is 25.1 Å². The molecule has 10 heteroatoms. The van der Waals surface area contributed by atoms with Crippen molar-refractivity contribution < 1.29 is 18.0 Å². The first kappa shape index (κ1) is 21.4. The molecule has 1 atom stereocenters. The van der Waals surface area contributed by atoms with E-state index in [4.69, 9.17) is 32.8 Å². The molecule has 3 aromatic rings. The highest BCUT2D eigenvalue weighted by Gasteiger charge is 2.32. The summed E-state index contributed by atoms with van der Waals surface area (Å²) in [7, 11) is -3.68. The third-order valence-corrected chi connectivity index (χ3v) is 6.56. The molecular weight excluding hydrogens is 437 g/mol. The summed E-state index contributed by atoms with van der Waals surface area (Å²) in [6.07, 6.45) is 0.250. The molecule has 1 aromatic heterocycles. The van der Waals surface area contributed by atoms with Gasteiger partial charge in [-0.15, -0.1) is 0 Å². The fraction of sp³-hybridized carbons (Fsp3) is 0.211. The maximum atomic E-state index is 12.8. The fourth-order valence-electron chi connectivity index (χ4n) is 3.48. The first-order valence-corrected chi connectivity index (χ1v) is 10.8. The Kier molecular flexibility index (Phi) is 6.31. The molecule has 29 heavy (non-hydrogen) atoms. The second-order valence-corrected chi connectivity index (χ2v) is 9.14. The number of carbonyl (C=O) groups excluding carboxylic acids is 2. The number of aromatic nitrogens is 1. The summed E-state index contributed by atoms with van der Waals surface area (Å²) in [5, 5.41) is 2.29. The number of hydrogen-bond donors (Lipinski definition) is 2. The smallest absolute Gasteiger partial charge is 0.357 e. The largest absolute Gasteiger partial charge is 0.373 e. The summed E-state index contributed by atoms with van der Waals surface area (Å²) in [6.45, 7) is 2.71. The summed E-state index contributed by atoms with van der Waals surface area (Å²) < 4.78 is 29.7. The summed E-state index contributed by atoms with van der Waals surface area (Å²) in [6, 6.07) is 12.3. The molecule has 0 fully saturated rings. The molecule has 1 aliphatic heterocycles. The van der Waals surface area contributed by atoms with Gasteiger partial charge in [-0.1, -0.05) is 30.1 Å². The molecule has 2 aromatic carbocycles. The van der Waals surface area contributed by atoms with Gasteiger partial charge in [-0.05, 0) is 53.9 Å². The van der Waals surface area contributed by atoms with Crippen LogP contribution in [0, 0.1) is 0 Å². The Hall–Kier alpha value is -2.35. The first-order valence-electron chi connectivity index (χ1n) is 8.58. The van der Waals surface area contributed by atoms with Gasteiger partial charge in [-0.3, -0.25) is 4.72 Å². The molecule has 0 spiro atoms. The summed E-state index contributed by atoms with van der Waals surface area (Å²) in [4.78, 5) is 19.6. The molecule has 0 amide bonds. The maximum absolute atomic E-state index is 12.8. The summed E-state index contributed by atoms with van der Waals surface area (Å²) in [5.41, 5.74) is 3.50. The van der Waals surface area contributed by atoms with Gasteiger partial charge in [-0.25, -0.2) is 0 Å². The van der Waals surface area contributed by atoms with Gasteiger partial charge in [-0.2, -0.15) is 22.3 Å². The van der Waals surface area contributed by atoms with Crippen molar-refractivity contribution in [2.24, 2.45) is 0 Å². The fourth-order valence-corrected chi connectivity index (χ4v) is 5.06. The highest BCUT2D eigenvalue weighted by atomic mass is 35.5. The van der Waals surface area contributed by atoms with Crippen LogP contribution in [0.5, 0.6) is 0 Å². The molecule has 2 heterocycles. The number of rotatable bonds is 3. The highest BCUT2D eigenvalue weighted by molar-refractivity contribution is 7.90. The molecule has 1 unspecified atom stereocenters. The molecular formula is C19H17Cl2N3O4S. The van der Waals surface area contributed by atoms with Gasteiger partial charge in [0.25, 0.3) is 0 Å². The van der Waals surface area contributed by atoms with E-state index in [2.05, 4.69) is 9.71 Å². The lowest BCUT2D eigenvalue weighted by Crippen LogP contribution is -2.40. The van der Waals surface area contributed by atoms with E-state index >= 15 is 0 Å². The number of nitrogens with zero attached hydrogens (tertiary/aromatic N) is 1. The van der Waals surface area contributed by atoms with Crippen molar-refractivity contribution in [3.63, 3.8) is 0 Å². The molecule has 0 saturated heterocycles. The van der Waals surface area contributed by atoms with Crippen LogP contribution in [-0.2, 0) is 26.3 Å². The average Bonchev–Trinajstić information content (AvgIpc) is 3.02. The number of benzene rings is 2. The highest BCUT2D eigenvalue weighted by Crippen LogP contribution is 2.36. The van der Waals surface area contributed by atoms with E-state index in [0.717, 1.165) is 22.2 Å². The van der Waals surface area contributed by atoms with Crippen LogP contribution in [0.2, 0.25) is 10.0 Å². The number of halogens is 2. The van der Waals surface area contributed by atoms with Crippen LogP contribution >= 0.6 is 23.2 Å². The second-order valence-electron chi connectivity index (χ2n) is 6.60. The zero-order valence-corrected chi connectivity index (χ0v) is 17.6. The van der Waals surface area contributed by atoms with Crippen molar-refractivity contribution >= 4 is 56.2 Å². The number of fused-ring (bicyclic) bond motifs is 3. The number of H-pyrrole nitrogens is 1. The van der Waals surface area contributed by atoms with E-state index in [9.17, 15) is 8.42 Å². The molecule has 7 nitrogen and oxygen atoms in total. The van der Waals surface area contributed by atoms with Gasteiger partial charge < -0.3 is 4.98 Å². The standard InChI is InChI=1S/C18H17Cl2N3O2S.CO2/c1-11-9-23(26(24,25)22-14-5-2-12(19)3-6-14)10-17-18(11)15-8-13(20)4-7-16(15)21-17;2-1-3/h2-8,11,21-22H,9-10H2,1H3;. The quantitative estimate of drug-likeness (QED) is 0.621. The van der Waals surface area contributed by atoms with Crippen molar-refractivity contribution in [2.75, 3.05) is 11.3 Å². The zero-order chi connectivity index (χ0) is 21.2. The maximum Gasteiger partial charge on any atom is 0.373 e. The number of aromatic amines is 1. The molecule has 4 rings (SSSR count). The SMILES string of the molecule is CC1CN(S(=O)(=O)Nc2ccc(Cl)cc2)Cc2[nH]c3ccc(Cl)cc3c21.O=C=O. The Labute approximate surface area is 177 Å². The van der Waals surface area contributed by atoms with Crippen LogP contribution in [0.1, 0.15) is 24.1 Å². The van der Waals surface area contributed by atoms with Crippen molar-refractivity contribution in [1.29, 1.82) is 0 Å². The third kappa shape index (κ3) is 4.63. The van der Waals surface area contributed by atoms with Crippen LogP contribution in [0.15, 0.2) is 42.5 Å². The lowest BCUT2D eigenvalue weighted by atomic mass is 9.95. The van der Waals surface area contributed by atoms with Crippen LogP contribution < -0.4 is 4.72 Å². The van der Waals surface area contributed by atoms with Crippen molar-refractivity contribution in [3.05, 3.63) is 63.8 Å². The molecule has 2 N–H and O–H groups in total. The molecule has 152 valence electrons. The molecule has 0 bridgehead atoms. The molecule has 0 radical (unpaired) electrons. The normalized spacial score (nSPS) is 16.4. The second kappa shape index (κ2) is 8.57. The van der Waals surface area contributed by atoms with Gasteiger partial charge in [0, 0.05) is 38.9 Å². The van der Waals surface area contributed by atoms with Crippen LogP contribution in [0.25, 0.3) is 10.9 Å². The molecule has 1 aliphatic rings. The number of hydrogen-bond acceptors (Lipinski definition) is 4. The lowest BCUT2D eigenvalue weighted by molar-refractivity contribution is -0.191. The van der Waals surface area contributed by atoms with Gasteiger partial charge in [0.2, 0.25) is 0 Å². The van der Waals surface area contributed by atoms with Crippen molar-refractivity contribution in [2.45, 2.75) is 19.4 Å². The van der Waals surface area contributed by atoms with E-state index in [1.165, 1.54) is 4.31 Å². The number of nitrogens with one attached hydrogen (secondary N) is 2. The predicted molar refractivity (Wildman–Crippen MR) is 111 cm³/mol. The van der Waals surface area contributed by atoms with Crippen LogP contribution in [-0.4, -0.2) is 30.4 Å². The van der Waals surface area contributed by atoms with E-state index in [-0.39, 0.29) is 18.6 Å². The van der Waals surface area contributed by atoms with Crippen molar-refractivity contribution in [3.8, 4) is 0 Å². The average molecular weight is 454 g/mol. The summed E-state index contributed by atoms with van der Waals surface area (Å²) in [5.74, 6) is 0.0489.